The van der Waals surface area contributed by atoms with Crippen LogP contribution in [-0.4, -0.2) is 27.2 Å². The molecule has 1 aliphatic heterocycles. The molecule has 5 aromatic rings. The number of nitrogens with zero attached hydrogens (tertiary/aromatic N) is 6. The molecule has 2 aromatic heterocycles. The maximum Gasteiger partial charge on any atom is 0.260 e. The molecule has 0 bridgehead atoms. The van der Waals surface area contributed by atoms with Gasteiger partial charge < -0.3 is 11.1 Å². The van der Waals surface area contributed by atoms with E-state index in [1.165, 1.54) is 6.34 Å². The third-order valence-corrected chi connectivity index (χ3v) is 6.57. The molecule has 194 valence electrons. The molecule has 1 aliphatic rings. The Bertz CT molecular complexity index is 1710. The summed E-state index contributed by atoms with van der Waals surface area (Å²) < 4.78 is 0. The number of carbonyl (C=O) groups is 1. The highest BCUT2D eigenvalue weighted by molar-refractivity contribution is 5.95. The zero-order valence-electron chi connectivity index (χ0n) is 21.3. The van der Waals surface area contributed by atoms with Gasteiger partial charge in [0.25, 0.3) is 11.6 Å². The molecule has 1 unspecified atom stereocenters. The summed E-state index contributed by atoms with van der Waals surface area (Å²) in [6.07, 6.45) is 4.69. The number of nitrogens with two attached hydrogens (primary N) is 1. The highest BCUT2D eigenvalue weighted by Crippen LogP contribution is 2.39. The van der Waals surface area contributed by atoms with E-state index in [1.807, 2.05) is 78.9 Å². The molecule has 0 aliphatic carbocycles. The number of azo groups is 1. The minimum Gasteiger partial charge on any atom is -0.382 e. The van der Waals surface area contributed by atoms with Gasteiger partial charge in [0, 0.05) is 29.4 Å². The minimum atomic E-state index is -1.37. The van der Waals surface area contributed by atoms with E-state index in [-0.39, 0.29) is 11.7 Å². The van der Waals surface area contributed by atoms with Crippen LogP contribution >= 0.6 is 0 Å². The van der Waals surface area contributed by atoms with Crippen molar-refractivity contribution in [1.29, 1.82) is 0 Å². The first-order chi connectivity index (χ1) is 19.6. The van der Waals surface area contributed by atoms with Gasteiger partial charge in [-0.05, 0) is 29.3 Å². The summed E-state index contributed by atoms with van der Waals surface area (Å²) in [7, 11) is 0. The standard InChI is InChI=1S/C31H24N8O/c32-29-28(31(36-20-37-39-31)27-15-14-25(18-33-27)22-10-5-2-6-11-22)38-26(19-34-29)23-12-7-13-24(16-23)30(40)35-17-21-8-3-1-4-9-21/h1-16,18-20H,17H2,(H2,32,34)(H,35,40). The number of hydrogen-bond acceptors (Lipinski definition) is 8. The predicted molar refractivity (Wildman–Crippen MR) is 153 cm³/mol. The van der Waals surface area contributed by atoms with Crippen molar-refractivity contribution in [3.05, 3.63) is 132 Å². The number of carbonyl (C=O) groups excluding carboxylic acids is 1. The van der Waals surface area contributed by atoms with E-state index in [0.717, 1.165) is 16.7 Å². The Morgan fingerprint density at radius 2 is 1.57 bits per heavy atom. The lowest BCUT2D eigenvalue weighted by atomic mass is 9.99. The van der Waals surface area contributed by atoms with Crippen molar-refractivity contribution < 1.29 is 4.79 Å². The molecular weight excluding hydrogens is 500 g/mol. The monoisotopic (exact) mass is 524 g/mol. The van der Waals surface area contributed by atoms with Gasteiger partial charge in [-0.2, -0.15) is 0 Å². The van der Waals surface area contributed by atoms with Gasteiger partial charge in [0.1, 0.15) is 17.9 Å². The van der Waals surface area contributed by atoms with Crippen molar-refractivity contribution >= 4 is 18.1 Å². The van der Waals surface area contributed by atoms with Crippen LogP contribution in [0.15, 0.2) is 125 Å². The molecule has 0 fully saturated rings. The van der Waals surface area contributed by atoms with Crippen LogP contribution in [0.2, 0.25) is 0 Å². The molecule has 0 saturated heterocycles. The Balaban J connectivity index is 1.31. The minimum absolute atomic E-state index is 0.160. The molecule has 40 heavy (non-hydrogen) atoms. The van der Waals surface area contributed by atoms with Crippen LogP contribution < -0.4 is 11.1 Å². The van der Waals surface area contributed by atoms with Gasteiger partial charge in [0.2, 0.25) is 0 Å². The smallest absolute Gasteiger partial charge is 0.260 e. The summed E-state index contributed by atoms with van der Waals surface area (Å²) in [5.74, 6) is -0.0323. The molecule has 1 amide bonds. The van der Waals surface area contributed by atoms with Gasteiger partial charge in [-0.15, -0.1) is 10.2 Å². The second kappa shape index (κ2) is 10.7. The molecular formula is C31H24N8O. The quantitative estimate of drug-likeness (QED) is 0.294. The summed E-state index contributed by atoms with van der Waals surface area (Å²) in [6, 6.07) is 30.7. The number of anilines is 1. The lowest BCUT2D eigenvalue weighted by Crippen LogP contribution is -2.26. The van der Waals surface area contributed by atoms with Crippen molar-refractivity contribution in [1.82, 2.24) is 20.3 Å². The lowest BCUT2D eigenvalue weighted by Gasteiger charge is -2.22. The second-order valence-corrected chi connectivity index (χ2v) is 9.17. The van der Waals surface area contributed by atoms with Crippen LogP contribution in [0.5, 0.6) is 0 Å². The Kier molecular flexibility index (Phi) is 6.60. The summed E-state index contributed by atoms with van der Waals surface area (Å²) in [4.78, 5) is 31.3. The van der Waals surface area contributed by atoms with Crippen LogP contribution in [0.25, 0.3) is 22.4 Å². The first-order valence-electron chi connectivity index (χ1n) is 12.7. The number of pyridine rings is 1. The molecule has 3 N–H and O–H groups in total. The number of nitrogen functional groups attached to an aromatic ring is 1. The number of hydrogen-bond donors (Lipinski definition) is 2. The van der Waals surface area contributed by atoms with Gasteiger partial charge >= 0.3 is 0 Å². The van der Waals surface area contributed by atoms with Crippen molar-refractivity contribution in [2.24, 2.45) is 15.2 Å². The average Bonchev–Trinajstić information content (AvgIpc) is 3.52. The van der Waals surface area contributed by atoms with Gasteiger partial charge in [-0.1, -0.05) is 78.9 Å². The Morgan fingerprint density at radius 1 is 0.800 bits per heavy atom. The zero-order valence-corrected chi connectivity index (χ0v) is 21.3. The summed E-state index contributed by atoms with van der Waals surface area (Å²) in [5, 5.41) is 11.4. The highest BCUT2D eigenvalue weighted by atomic mass is 16.1. The third-order valence-electron chi connectivity index (χ3n) is 6.57. The molecule has 0 radical (unpaired) electrons. The van der Waals surface area contributed by atoms with E-state index >= 15 is 0 Å². The van der Waals surface area contributed by atoms with Gasteiger partial charge in [0.15, 0.2) is 0 Å². The van der Waals surface area contributed by atoms with Crippen molar-refractivity contribution in [3.63, 3.8) is 0 Å². The fraction of sp³-hybridized carbons (Fsp3) is 0.0645. The molecule has 9 nitrogen and oxygen atoms in total. The lowest BCUT2D eigenvalue weighted by molar-refractivity contribution is 0.0951. The van der Waals surface area contributed by atoms with E-state index in [0.29, 0.717) is 34.8 Å². The van der Waals surface area contributed by atoms with Crippen molar-refractivity contribution in [3.8, 4) is 22.4 Å². The van der Waals surface area contributed by atoms with Crippen molar-refractivity contribution in [2.75, 3.05) is 5.73 Å². The maximum atomic E-state index is 12.9. The average molecular weight is 525 g/mol. The molecule has 3 aromatic carbocycles. The van der Waals surface area contributed by atoms with E-state index in [2.05, 4.69) is 30.5 Å². The van der Waals surface area contributed by atoms with Crippen LogP contribution in [0.4, 0.5) is 5.82 Å². The van der Waals surface area contributed by atoms with E-state index < -0.39 is 5.66 Å². The summed E-state index contributed by atoms with van der Waals surface area (Å²) in [6.45, 7) is 0.428. The second-order valence-electron chi connectivity index (χ2n) is 9.17. The van der Waals surface area contributed by atoms with Crippen LogP contribution in [0.1, 0.15) is 27.3 Å². The molecule has 1 atom stereocenters. The Hall–Kier alpha value is -5.57. The number of nitrogens with one attached hydrogen (secondary N) is 1. The topological polar surface area (TPSA) is 131 Å². The third kappa shape index (κ3) is 4.83. The molecule has 3 heterocycles. The fourth-order valence-electron chi connectivity index (χ4n) is 4.49. The Morgan fingerprint density at radius 3 is 2.30 bits per heavy atom. The number of aliphatic imine (C=N–C) groups is 1. The molecule has 6 rings (SSSR count). The summed E-state index contributed by atoms with van der Waals surface area (Å²) >= 11 is 0. The largest absolute Gasteiger partial charge is 0.382 e. The molecule has 9 heteroatoms. The molecule has 0 spiro atoms. The van der Waals surface area contributed by atoms with Gasteiger partial charge in [-0.25, -0.2) is 15.0 Å². The van der Waals surface area contributed by atoms with Crippen LogP contribution in [0.3, 0.4) is 0 Å². The van der Waals surface area contributed by atoms with Gasteiger partial charge in [0.05, 0.1) is 17.6 Å². The SMILES string of the molecule is Nc1ncc(-c2cccc(C(=O)NCc3ccccc3)c2)nc1C1(c2ccc(-c3ccccc3)cn2)N=CN=N1. The Labute approximate surface area is 230 Å². The van der Waals surface area contributed by atoms with E-state index in [4.69, 9.17) is 10.7 Å². The number of rotatable bonds is 7. The predicted octanol–water partition coefficient (Wildman–Crippen LogP) is 5.41. The first kappa shape index (κ1) is 24.7. The summed E-state index contributed by atoms with van der Waals surface area (Å²) in [5.41, 5.74) is 10.5. The normalized spacial score (nSPS) is 15.7. The zero-order chi connectivity index (χ0) is 27.4. The number of benzene rings is 3. The van der Waals surface area contributed by atoms with Crippen LogP contribution in [0, 0.1) is 0 Å². The maximum absolute atomic E-state index is 12.9. The highest BCUT2D eigenvalue weighted by Gasteiger charge is 2.42. The molecule has 0 saturated carbocycles. The van der Waals surface area contributed by atoms with Crippen molar-refractivity contribution in [2.45, 2.75) is 12.2 Å². The van der Waals surface area contributed by atoms with E-state index in [9.17, 15) is 4.79 Å². The number of amides is 1. The first-order valence-corrected chi connectivity index (χ1v) is 12.7. The fourth-order valence-corrected chi connectivity index (χ4v) is 4.49. The van der Waals surface area contributed by atoms with Gasteiger partial charge in [-0.3, -0.25) is 9.78 Å². The number of aromatic nitrogens is 3. The van der Waals surface area contributed by atoms with E-state index in [1.54, 1.807) is 30.6 Å². The van der Waals surface area contributed by atoms with Crippen LogP contribution in [-0.2, 0) is 12.2 Å².